The van der Waals surface area contributed by atoms with Crippen LogP contribution in [0.2, 0.25) is 0 Å². The molecular weight excluding hydrogens is 493 g/mol. The van der Waals surface area contributed by atoms with Crippen LogP contribution in [0.3, 0.4) is 0 Å². The summed E-state index contributed by atoms with van der Waals surface area (Å²) in [5.41, 5.74) is 0.718. The molecule has 1 N–H and O–H groups in total. The van der Waals surface area contributed by atoms with E-state index in [-0.39, 0.29) is 34.7 Å². The minimum absolute atomic E-state index is 0.0487. The van der Waals surface area contributed by atoms with Crippen molar-refractivity contribution in [2.45, 2.75) is 26.1 Å². The number of nitrogens with zero attached hydrogens (tertiary/aromatic N) is 3. The van der Waals surface area contributed by atoms with Crippen molar-refractivity contribution in [3.63, 3.8) is 0 Å². The predicted octanol–water partition coefficient (Wildman–Crippen LogP) is 4.81. The van der Waals surface area contributed by atoms with Crippen LogP contribution in [0.1, 0.15) is 36.6 Å². The number of thioether (sulfide) groups is 1. The number of rotatable bonds is 6. The van der Waals surface area contributed by atoms with Crippen LogP contribution in [0, 0.1) is 11.3 Å². The van der Waals surface area contributed by atoms with Gasteiger partial charge in [-0.3, -0.25) is 9.69 Å². The van der Waals surface area contributed by atoms with E-state index < -0.39 is 23.8 Å². The summed E-state index contributed by atoms with van der Waals surface area (Å²) in [5, 5.41) is 11.9. The summed E-state index contributed by atoms with van der Waals surface area (Å²) in [7, 11) is 1.47. The number of esters is 1. The van der Waals surface area contributed by atoms with Crippen molar-refractivity contribution in [3.05, 3.63) is 76.5 Å². The number of allylic oxidation sites excluding steroid dienone is 1. The molecule has 1 aliphatic heterocycles. The number of amides is 1. The standard InChI is InChI=1S/C25H23F3N4O3S/c1-4-35-23(34)21-15(2)32(19-7-5-6-18(12-19)25(26,27)28)24(36-14-20(33)30-3)31-22(21)17-10-8-16(13-29)9-11-17/h5-12,22H,4,14H2,1-3H3,(H,30,33). The highest BCUT2D eigenvalue weighted by Crippen LogP contribution is 2.40. The second-order valence-corrected chi connectivity index (χ2v) is 8.56. The molecule has 0 aromatic heterocycles. The Morgan fingerprint density at radius 2 is 1.92 bits per heavy atom. The molecule has 1 unspecified atom stereocenters. The van der Waals surface area contributed by atoms with E-state index in [2.05, 4.69) is 5.32 Å². The van der Waals surface area contributed by atoms with E-state index in [4.69, 9.17) is 15.0 Å². The van der Waals surface area contributed by atoms with Crippen molar-refractivity contribution in [1.82, 2.24) is 5.32 Å². The average Bonchev–Trinajstić information content (AvgIpc) is 2.86. The van der Waals surface area contributed by atoms with E-state index in [0.29, 0.717) is 16.8 Å². The van der Waals surface area contributed by atoms with E-state index in [9.17, 15) is 22.8 Å². The molecule has 0 aliphatic carbocycles. The number of hydrogen-bond acceptors (Lipinski definition) is 7. The molecule has 11 heteroatoms. The number of aliphatic imine (C=N–C) groups is 1. The first-order valence-corrected chi connectivity index (χ1v) is 11.9. The van der Waals surface area contributed by atoms with Gasteiger partial charge >= 0.3 is 12.1 Å². The number of amidine groups is 1. The van der Waals surface area contributed by atoms with Gasteiger partial charge in [0.1, 0.15) is 6.04 Å². The molecule has 0 bridgehead atoms. The zero-order valence-electron chi connectivity index (χ0n) is 19.7. The number of anilines is 1. The number of hydrogen-bond donors (Lipinski definition) is 1. The Labute approximate surface area is 210 Å². The fourth-order valence-corrected chi connectivity index (χ4v) is 4.53. The van der Waals surface area contributed by atoms with E-state index >= 15 is 0 Å². The first-order valence-electron chi connectivity index (χ1n) is 10.9. The maximum absolute atomic E-state index is 13.5. The van der Waals surface area contributed by atoms with Gasteiger partial charge in [0.05, 0.1) is 35.1 Å². The lowest BCUT2D eigenvalue weighted by Gasteiger charge is -2.35. The number of benzene rings is 2. The third kappa shape index (κ3) is 5.88. The van der Waals surface area contributed by atoms with Crippen molar-refractivity contribution < 1.29 is 27.5 Å². The molecule has 1 amide bonds. The molecule has 7 nitrogen and oxygen atoms in total. The van der Waals surface area contributed by atoms with Crippen LogP contribution < -0.4 is 10.2 Å². The van der Waals surface area contributed by atoms with Crippen LogP contribution in [-0.4, -0.2) is 36.5 Å². The van der Waals surface area contributed by atoms with Crippen LogP contribution in [0.4, 0.5) is 18.9 Å². The van der Waals surface area contributed by atoms with Gasteiger partial charge in [0.25, 0.3) is 0 Å². The molecule has 188 valence electrons. The van der Waals surface area contributed by atoms with E-state index in [1.54, 1.807) is 38.1 Å². The number of halogens is 3. The maximum Gasteiger partial charge on any atom is 0.416 e. The number of carbonyl (C=O) groups is 2. The van der Waals surface area contributed by atoms with Gasteiger partial charge in [-0.1, -0.05) is 30.0 Å². The highest BCUT2D eigenvalue weighted by Gasteiger charge is 2.37. The molecule has 1 heterocycles. The van der Waals surface area contributed by atoms with Crippen LogP contribution in [0.25, 0.3) is 0 Å². The first-order chi connectivity index (χ1) is 17.1. The lowest BCUT2D eigenvalue weighted by atomic mass is 9.95. The zero-order valence-corrected chi connectivity index (χ0v) is 20.5. The number of carbonyl (C=O) groups excluding carboxylic acids is 2. The molecular formula is C25H23F3N4O3S. The molecule has 0 saturated heterocycles. The Morgan fingerprint density at radius 3 is 2.50 bits per heavy atom. The monoisotopic (exact) mass is 516 g/mol. The van der Waals surface area contributed by atoms with Crippen molar-refractivity contribution in [3.8, 4) is 6.07 Å². The van der Waals surface area contributed by atoms with Crippen molar-refractivity contribution in [1.29, 1.82) is 5.26 Å². The summed E-state index contributed by atoms with van der Waals surface area (Å²) in [6, 6.07) is 12.3. The molecule has 0 fully saturated rings. The van der Waals surface area contributed by atoms with Crippen molar-refractivity contribution in [2.75, 3.05) is 24.3 Å². The summed E-state index contributed by atoms with van der Waals surface area (Å²) in [6.07, 6.45) is -4.58. The highest BCUT2D eigenvalue weighted by atomic mass is 32.2. The predicted molar refractivity (Wildman–Crippen MR) is 131 cm³/mol. The largest absolute Gasteiger partial charge is 0.463 e. The summed E-state index contributed by atoms with van der Waals surface area (Å²) in [6.45, 7) is 3.32. The number of ether oxygens (including phenoxy) is 1. The molecule has 1 atom stereocenters. The van der Waals surface area contributed by atoms with Crippen LogP contribution in [-0.2, 0) is 20.5 Å². The van der Waals surface area contributed by atoms with E-state index in [0.717, 1.165) is 23.9 Å². The van der Waals surface area contributed by atoms with E-state index in [1.807, 2.05) is 6.07 Å². The van der Waals surface area contributed by atoms with Gasteiger partial charge in [-0.25, -0.2) is 9.79 Å². The first kappa shape index (κ1) is 26.8. The number of nitrogens with one attached hydrogen (secondary N) is 1. The molecule has 36 heavy (non-hydrogen) atoms. The number of alkyl halides is 3. The van der Waals surface area contributed by atoms with Crippen LogP contribution in [0.15, 0.2) is 64.8 Å². The molecule has 0 saturated carbocycles. The Morgan fingerprint density at radius 1 is 1.22 bits per heavy atom. The highest BCUT2D eigenvalue weighted by molar-refractivity contribution is 8.14. The SMILES string of the molecule is CCOC(=O)C1=C(C)N(c2cccc(C(F)(F)F)c2)C(SCC(=O)NC)=NC1c1ccc(C#N)cc1. The Bertz CT molecular complexity index is 1250. The van der Waals surface area contributed by atoms with Gasteiger partial charge in [-0.15, -0.1) is 0 Å². The van der Waals surface area contributed by atoms with Gasteiger partial charge in [0.2, 0.25) is 5.91 Å². The van der Waals surface area contributed by atoms with Crippen LogP contribution in [0.5, 0.6) is 0 Å². The zero-order chi connectivity index (χ0) is 26.5. The third-order valence-corrected chi connectivity index (χ3v) is 6.28. The van der Waals surface area contributed by atoms with Crippen molar-refractivity contribution >= 4 is 34.5 Å². The third-order valence-electron chi connectivity index (χ3n) is 5.32. The molecule has 0 spiro atoms. The Balaban J connectivity index is 2.21. The Hall–Kier alpha value is -3.78. The second kappa shape index (κ2) is 11.3. The van der Waals surface area contributed by atoms with Gasteiger partial charge in [0, 0.05) is 18.4 Å². The quantitative estimate of drug-likeness (QED) is 0.554. The lowest BCUT2D eigenvalue weighted by molar-refractivity contribution is -0.139. The summed E-state index contributed by atoms with van der Waals surface area (Å²) in [5.74, 6) is -1.02. The molecule has 1 aliphatic rings. The van der Waals surface area contributed by atoms with Gasteiger partial charge in [-0.05, 0) is 49.7 Å². The molecule has 2 aromatic rings. The Kier molecular flexibility index (Phi) is 8.42. The fraction of sp³-hybridized carbons (Fsp3) is 0.280. The van der Waals surface area contributed by atoms with Crippen LogP contribution >= 0.6 is 11.8 Å². The second-order valence-electron chi connectivity index (χ2n) is 7.61. The minimum Gasteiger partial charge on any atom is -0.463 e. The minimum atomic E-state index is -4.58. The summed E-state index contributed by atoms with van der Waals surface area (Å²) in [4.78, 5) is 31.2. The molecule has 3 rings (SSSR count). The van der Waals surface area contributed by atoms with E-state index in [1.165, 1.54) is 24.1 Å². The maximum atomic E-state index is 13.5. The molecule has 0 radical (unpaired) electrons. The van der Waals surface area contributed by atoms with Gasteiger partial charge < -0.3 is 10.1 Å². The lowest BCUT2D eigenvalue weighted by Crippen LogP contribution is -2.36. The average molecular weight is 517 g/mol. The van der Waals surface area contributed by atoms with Gasteiger partial charge in [0.15, 0.2) is 5.17 Å². The van der Waals surface area contributed by atoms with Crippen molar-refractivity contribution in [2.24, 2.45) is 4.99 Å². The van der Waals surface area contributed by atoms with Gasteiger partial charge in [-0.2, -0.15) is 18.4 Å². The molecule has 2 aromatic carbocycles. The fourth-order valence-electron chi connectivity index (χ4n) is 3.57. The normalized spacial score (nSPS) is 15.8. The summed E-state index contributed by atoms with van der Waals surface area (Å²) < 4.78 is 45.7. The smallest absolute Gasteiger partial charge is 0.416 e. The summed E-state index contributed by atoms with van der Waals surface area (Å²) >= 11 is 1.03. The number of nitriles is 1. The topological polar surface area (TPSA) is 94.8 Å².